The molecule has 18 nitrogen and oxygen atoms in total. The Labute approximate surface area is 535 Å². The number of benzene rings is 6. The Morgan fingerprint density at radius 3 is 0.898 bits per heavy atom. The molecule has 0 aliphatic carbocycles. The predicted molar refractivity (Wildman–Crippen MR) is 360 cm³/mol. The summed E-state index contributed by atoms with van der Waals surface area (Å²) >= 11 is 10.6. The topological polar surface area (TPSA) is 342 Å². The summed E-state index contributed by atoms with van der Waals surface area (Å²) in [5.74, 6) is -3.78. The molecule has 3 amide bonds. The SMILES string of the molecule is NCCCC[C@@](N)(C(=O)Cc1c[nH]c2ccc(Br)cc12)C(=O)Nc1ccc(C(c2ccc(NC(=O)[C@@](N)(CCCCN)C(=O)Cc3c[nH]c4ccc(Br)cc34)cc2)c2ccc(NC(=O)[C@@](N)(CCCCN)C(=O)Cc3c[nH]c4ccc(Br)cc34)cc2)cc1. The number of carbonyl (C=O) groups excluding carboxylic acids is 6. The Morgan fingerprint density at radius 1 is 0.386 bits per heavy atom. The van der Waals surface area contributed by atoms with Crippen LogP contribution in [0.4, 0.5) is 17.1 Å². The van der Waals surface area contributed by atoms with Crippen molar-refractivity contribution < 1.29 is 28.8 Å². The molecule has 458 valence electrons. The van der Waals surface area contributed by atoms with E-state index in [1.165, 1.54) is 0 Å². The second-order valence-electron chi connectivity index (χ2n) is 22.6. The van der Waals surface area contributed by atoms with E-state index >= 15 is 0 Å². The second-order valence-corrected chi connectivity index (χ2v) is 25.4. The number of aromatic nitrogens is 3. The molecule has 0 aliphatic heterocycles. The Kier molecular flexibility index (Phi) is 21.3. The zero-order valence-electron chi connectivity index (χ0n) is 48.6. The largest absolute Gasteiger partial charge is 0.361 e. The maximum Gasteiger partial charge on any atom is 0.252 e. The second kappa shape index (κ2) is 28.8. The van der Waals surface area contributed by atoms with Crippen molar-refractivity contribution in [2.75, 3.05) is 35.6 Å². The number of hydrogen-bond donors (Lipinski definition) is 12. The third kappa shape index (κ3) is 14.8. The van der Waals surface area contributed by atoms with Crippen LogP contribution in [0.5, 0.6) is 0 Å². The molecule has 18 N–H and O–H groups in total. The van der Waals surface area contributed by atoms with Crippen LogP contribution < -0.4 is 50.4 Å². The van der Waals surface area contributed by atoms with Crippen molar-refractivity contribution in [2.24, 2.45) is 34.4 Å². The van der Waals surface area contributed by atoms with Gasteiger partial charge in [0, 0.05) is 107 Å². The molecular weight excluding hydrogens is 1310 g/mol. The van der Waals surface area contributed by atoms with Crippen LogP contribution in [0.2, 0.25) is 0 Å². The molecule has 3 heterocycles. The van der Waals surface area contributed by atoms with Gasteiger partial charge in [-0.15, -0.1) is 0 Å². The molecule has 3 aromatic heterocycles. The first-order chi connectivity index (χ1) is 42.3. The van der Waals surface area contributed by atoms with Gasteiger partial charge < -0.3 is 65.3 Å². The van der Waals surface area contributed by atoms with Gasteiger partial charge in [-0.05, 0) is 202 Å². The smallest absolute Gasteiger partial charge is 0.252 e. The van der Waals surface area contributed by atoms with Gasteiger partial charge in [0.05, 0.1) is 0 Å². The van der Waals surface area contributed by atoms with Gasteiger partial charge >= 0.3 is 0 Å². The number of nitrogens with one attached hydrogen (secondary N) is 6. The van der Waals surface area contributed by atoms with Gasteiger partial charge in [-0.25, -0.2) is 0 Å². The van der Waals surface area contributed by atoms with E-state index in [4.69, 9.17) is 34.4 Å². The summed E-state index contributed by atoms with van der Waals surface area (Å²) in [4.78, 5) is 95.4. The molecule has 0 radical (unpaired) electrons. The molecule has 6 aromatic carbocycles. The lowest BCUT2D eigenvalue weighted by Gasteiger charge is -2.28. The Bertz CT molecular complexity index is 3590. The monoisotopic (exact) mass is 1380 g/mol. The lowest BCUT2D eigenvalue weighted by Crippen LogP contribution is -2.58. The first kappa shape index (κ1) is 65.0. The lowest BCUT2D eigenvalue weighted by atomic mass is 9.83. The Hall–Kier alpha value is -7.44. The van der Waals surface area contributed by atoms with Gasteiger partial charge in [-0.1, -0.05) is 84.2 Å². The van der Waals surface area contributed by atoms with E-state index in [0.717, 1.165) is 62.8 Å². The summed E-state index contributed by atoms with van der Waals surface area (Å²) in [5.41, 5.74) is 40.7. The summed E-state index contributed by atoms with van der Waals surface area (Å²) in [5, 5.41) is 11.3. The quantitative estimate of drug-likeness (QED) is 0.0114. The Morgan fingerprint density at radius 2 is 0.648 bits per heavy atom. The fraction of sp³-hybridized carbons (Fsp3) is 0.284. The van der Waals surface area contributed by atoms with Crippen molar-refractivity contribution >= 4 is 133 Å². The van der Waals surface area contributed by atoms with E-state index in [1.54, 1.807) is 55.0 Å². The Balaban J connectivity index is 0.990. The maximum absolute atomic E-state index is 14.4. The number of unbranched alkanes of at least 4 members (excludes halogenated alkanes) is 3. The number of anilines is 3. The first-order valence-corrected chi connectivity index (χ1v) is 31.7. The van der Waals surface area contributed by atoms with E-state index in [2.05, 4.69) is 78.7 Å². The fourth-order valence-corrected chi connectivity index (χ4v) is 12.3. The van der Waals surface area contributed by atoms with Crippen LogP contribution >= 0.6 is 47.8 Å². The third-order valence-electron chi connectivity index (χ3n) is 16.5. The van der Waals surface area contributed by atoms with Crippen LogP contribution in [0.1, 0.15) is 97.1 Å². The first-order valence-electron chi connectivity index (χ1n) is 29.3. The van der Waals surface area contributed by atoms with Crippen LogP contribution in [0.15, 0.2) is 159 Å². The van der Waals surface area contributed by atoms with E-state index in [0.29, 0.717) is 91.9 Å². The molecule has 21 heteroatoms. The number of fused-ring (bicyclic) bond motifs is 3. The summed E-state index contributed by atoms with van der Waals surface area (Å²) in [7, 11) is 0. The van der Waals surface area contributed by atoms with Gasteiger partial charge in [-0.3, -0.25) is 28.8 Å². The highest BCUT2D eigenvalue weighted by molar-refractivity contribution is 9.11. The molecule has 0 bridgehead atoms. The number of Topliss-reactive ketones (excluding diaryl/α,β-unsaturated/α-hetero) is 3. The number of ketones is 3. The molecule has 9 rings (SSSR count). The molecular formula is C67H73Br3N12O6. The fourth-order valence-electron chi connectivity index (χ4n) is 11.2. The van der Waals surface area contributed by atoms with E-state index in [9.17, 15) is 28.8 Å². The van der Waals surface area contributed by atoms with Gasteiger partial charge in [0.2, 0.25) is 0 Å². The van der Waals surface area contributed by atoms with Crippen LogP contribution in [0.25, 0.3) is 32.7 Å². The van der Waals surface area contributed by atoms with Gasteiger partial charge in [0.15, 0.2) is 34.0 Å². The van der Waals surface area contributed by atoms with Gasteiger partial charge in [0.1, 0.15) is 0 Å². The van der Waals surface area contributed by atoms with E-state index < -0.39 is 57.6 Å². The normalized spacial score (nSPS) is 13.7. The molecule has 9 aromatic rings. The minimum absolute atomic E-state index is 0.0777. The predicted octanol–water partition coefficient (Wildman–Crippen LogP) is 10.3. The van der Waals surface area contributed by atoms with Crippen molar-refractivity contribution in [2.45, 2.75) is 99.6 Å². The van der Waals surface area contributed by atoms with Crippen molar-refractivity contribution in [1.29, 1.82) is 0 Å². The molecule has 0 spiro atoms. The summed E-state index contributed by atoms with van der Waals surface area (Å²) in [6.07, 6.45) is 8.32. The number of nitrogens with two attached hydrogens (primary N) is 6. The highest BCUT2D eigenvalue weighted by atomic mass is 79.9. The van der Waals surface area contributed by atoms with E-state index in [-0.39, 0.29) is 38.5 Å². The van der Waals surface area contributed by atoms with Gasteiger partial charge in [-0.2, -0.15) is 0 Å². The van der Waals surface area contributed by atoms with Crippen LogP contribution in [-0.4, -0.2) is 86.3 Å². The number of amides is 3. The standard InChI is InChI=1S/C67H73Br3N12O6/c68-46-13-22-55-52(34-46)43(37-77-55)31-58(83)65(74,25-1-4-28-71)62(86)80-49-16-7-40(8-17-49)61(41-9-18-50(19-10-41)81-63(87)66(75,26-2-5-29-72)59(84)32-44-38-78-56-23-14-47(69)35-53(44)56)42-11-20-51(21-12-42)82-64(88)67(76,27-3-6-30-73)60(85)33-45-39-79-57-24-15-48(70)36-54(45)57/h7-24,34-39,61,77-79H,1-6,25-33,71-76H2,(H,80,86)(H,81,87)(H,82,88)/t65-,66-,67-/m1/s1. The molecule has 88 heavy (non-hydrogen) atoms. The maximum atomic E-state index is 14.4. The van der Waals surface area contributed by atoms with E-state index in [1.807, 2.05) is 91.0 Å². The average Bonchev–Trinajstić information content (AvgIpc) is 2.62. The highest BCUT2D eigenvalue weighted by Crippen LogP contribution is 2.36. The number of H-pyrrole nitrogens is 3. The number of aromatic amines is 3. The number of rotatable bonds is 30. The van der Waals surface area contributed by atoms with Crippen molar-refractivity contribution in [1.82, 2.24) is 15.0 Å². The van der Waals surface area contributed by atoms with Crippen molar-refractivity contribution in [3.63, 3.8) is 0 Å². The average molecular weight is 1380 g/mol. The van der Waals surface area contributed by atoms with Crippen LogP contribution in [-0.2, 0) is 48.0 Å². The minimum atomic E-state index is -1.88. The number of hydrogen-bond acceptors (Lipinski definition) is 12. The lowest BCUT2D eigenvalue weighted by molar-refractivity contribution is -0.134. The number of carbonyl (C=O) groups is 6. The highest BCUT2D eigenvalue weighted by Gasteiger charge is 2.44. The van der Waals surface area contributed by atoms with Crippen molar-refractivity contribution in [3.8, 4) is 0 Å². The minimum Gasteiger partial charge on any atom is -0.361 e. The summed E-state index contributed by atoms with van der Waals surface area (Å²) < 4.78 is 2.53. The summed E-state index contributed by atoms with van der Waals surface area (Å²) in [6, 6.07) is 38.7. The molecule has 0 unspecified atom stereocenters. The molecule has 0 fully saturated rings. The van der Waals surface area contributed by atoms with Gasteiger partial charge in [0.25, 0.3) is 17.7 Å². The van der Waals surface area contributed by atoms with Crippen LogP contribution in [0.3, 0.4) is 0 Å². The zero-order valence-corrected chi connectivity index (χ0v) is 53.3. The van der Waals surface area contributed by atoms with Crippen LogP contribution in [0, 0.1) is 0 Å². The molecule has 0 aliphatic rings. The molecule has 0 saturated heterocycles. The molecule has 0 saturated carbocycles. The summed E-state index contributed by atoms with van der Waals surface area (Å²) in [6.45, 7) is 1.11. The zero-order chi connectivity index (χ0) is 62.8. The molecule has 3 atom stereocenters. The van der Waals surface area contributed by atoms with Crippen molar-refractivity contribution in [3.05, 3.63) is 193 Å². The number of halogens is 3. The third-order valence-corrected chi connectivity index (χ3v) is 18.0.